The van der Waals surface area contributed by atoms with Gasteiger partial charge in [0.25, 0.3) is 0 Å². The standard InChI is InChI=1S/C12H22O3/c1-10(2,3)11(13)4-6-12(7-5-11)14-8-9-15-12/h13H,4-9H2,1-3H3. The Morgan fingerprint density at radius 1 is 0.933 bits per heavy atom. The topological polar surface area (TPSA) is 38.7 Å². The molecule has 3 nitrogen and oxygen atoms in total. The lowest BCUT2D eigenvalue weighted by atomic mass is 9.67. The molecule has 15 heavy (non-hydrogen) atoms. The van der Waals surface area contributed by atoms with Gasteiger partial charge in [-0.1, -0.05) is 20.8 Å². The smallest absolute Gasteiger partial charge is 0.168 e. The highest BCUT2D eigenvalue weighted by Crippen LogP contribution is 2.47. The third-order valence-corrected chi connectivity index (χ3v) is 4.05. The van der Waals surface area contributed by atoms with Crippen molar-refractivity contribution < 1.29 is 14.6 Å². The Hall–Kier alpha value is -0.120. The van der Waals surface area contributed by atoms with Gasteiger partial charge in [-0.25, -0.2) is 0 Å². The van der Waals surface area contributed by atoms with E-state index in [2.05, 4.69) is 20.8 Å². The van der Waals surface area contributed by atoms with Crippen molar-refractivity contribution in [1.29, 1.82) is 0 Å². The second-order valence-electron chi connectivity index (χ2n) is 5.89. The summed E-state index contributed by atoms with van der Waals surface area (Å²) in [5.41, 5.74) is -0.624. The zero-order chi connectivity index (χ0) is 11.2. The summed E-state index contributed by atoms with van der Waals surface area (Å²) in [7, 11) is 0. The fourth-order valence-corrected chi connectivity index (χ4v) is 2.58. The average molecular weight is 214 g/mol. The summed E-state index contributed by atoms with van der Waals surface area (Å²) in [6, 6.07) is 0. The minimum absolute atomic E-state index is 0.0623. The molecular weight excluding hydrogens is 192 g/mol. The van der Waals surface area contributed by atoms with E-state index in [-0.39, 0.29) is 11.2 Å². The van der Waals surface area contributed by atoms with Gasteiger partial charge in [-0.15, -0.1) is 0 Å². The van der Waals surface area contributed by atoms with Crippen LogP contribution < -0.4 is 0 Å². The van der Waals surface area contributed by atoms with Crippen LogP contribution in [0.5, 0.6) is 0 Å². The van der Waals surface area contributed by atoms with E-state index in [1.54, 1.807) is 0 Å². The normalized spacial score (nSPS) is 29.6. The summed E-state index contributed by atoms with van der Waals surface area (Å²) in [6.07, 6.45) is 3.19. The van der Waals surface area contributed by atoms with Crippen LogP contribution in [0.4, 0.5) is 0 Å². The van der Waals surface area contributed by atoms with Crippen molar-refractivity contribution >= 4 is 0 Å². The van der Waals surface area contributed by atoms with Crippen molar-refractivity contribution in [3.8, 4) is 0 Å². The van der Waals surface area contributed by atoms with E-state index in [1.807, 2.05) is 0 Å². The van der Waals surface area contributed by atoms with Gasteiger partial charge in [0.2, 0.25) is 0 Å². The third kappa shape index (κ3) is 1.93. The van der Waals surface area contributed by atoms with Crippen LogP contribution in [-0.4, -0.2) is 29.7 Å². The summed E-state index contributed by atoms with van der Waals surface area (Å²) in [6.45, 7) is 7.70. The molecule has 3 heteroatoms. The first-order chi connectivity index (χ1) is 6.87. The van der Waals surface area contributed by atoms with Gasteiger partial charge in [-0.2, -0.15) is 0 Å². The fourth-order valence-electron chi connectivity index (χ4n) is 2.58. The van der Waals surface area contributed by atoms with Gasteiger partial charge in [0.15, 0.2) is 5.79 Å². The lowest BCUT2D eigenvalue weighted by molar-refractivity contribution is -0.217. The molecule has 2 fully saturated rings. The van der Waals surface area contributed by atoms with Crippen LogP contribution >= 0.6 is 0 Å². The average Bonchev–Trinajstić information content (AvgIpc) is 2.58. The van der Waals surface area contributed by atoms with Gasteiger partial charge < -0.3 is 14.6 Å². The summed E-state index contributed by atoms with van der Waals surface area (Å²) < 4.78 is 11.3. The number of aliphatic hydroxyl groups is 1. The lowest BCUT2D eigenvalue weighted by Crippen LogP contribution is -2.50. The number of ether oxygens (including phenoxy) is 2. The summed E-state index contributed by atoms with van der Waals surface area (Å²) in [5, 5.41) is 10.5. The largest absolute Gasteiger partial charge is 0.389 e. The van der Waals surface area contributed by atoms with Gasteiger partial charge in [-0.3, -0.25) is 0 Å². The van der Waals surface area contributed by atoms with E-state index in [0.717, 1.165) is 25.7 Å². The van der Waals surface area contributed by atoms with Crippen LogP contribution in [0.15, 0.2) is 0 Å². The van der Waals surface area contributed by atoms with Crippen LogP contribution in [0.2, 0.25) is 0 Å². The molecule has 0 amide bonds. The van der Waals surface area contributed by atoms with E-state index < -0.39 is 5.60 Å². The van der Waals surface area contributed by atoms with Crippen molar-refractivity contribution in [1.82, 2.24) is 0 Å². The second kappa shape index (κ2) is 3.44. The molecule has 2 aliphatic rings. The molecule has 0 aromatic carbocycles. The molecule has 2 rings (SSSR count). The Morgan fingerprint density at radius 3 is 1.80 bits per heavy atom. The van der Waals surface area contributed by atoms with Crippen LogP contribution in [0.3, 0.4) is 0 Å². The van der Waals surface area contributed by atoms with Gasteiger partial charge in [0.1, 0.15) is 0 Å². The third-order valence-electron chi connectivity index (χ3n) is 4.05. The molecular formula is C12H22O3. The molecule has 0 aromatic rings. The maximum absolute atomic E-state index is 10.5. The minimum Gasteiger partial charge on any atom is -0.389 e. The minimum atomic E-state index is -0.562. The molecule has 0 bridgehead atoms. The van der Waals surface area contributed by atoms with Crippen LogP contribution in [-0.2, 0) is 9.47 Å². The summed E-state index contributed by atoms with van der Waals surface area (Å²) in [4.78, 5) is 0. The van der Waals surface area contributed by atoms with E-state index in [1.165, 1.54) is 0 Å². The molecule has 88 valence electrons. The zero-order valence-corrected chi connectivity index (χ0v) is 10.0. The first kappa shape index (κ1) is 11.4. The number of rotatable bonds is 0. The SMILES string of the molecule is CC(C)(C)C1(O)CCC2(CC1)OCCO2. The van der Waals surface area contributed by atoms with Crippen LogP contribution in [0.25, 0.3) is 0 Å². The maximum Gasteiger partial charge on any atom is 0.168 e. The number of hydrogen-bond acceptors (Lipinski definition) is 3. The molecule has 1 aliphatic carbocycles. The van der Waals surface area contributed by atoms with E-state index in [9.17, 15) is 5.11 Å². The Bertz CT molecular complexity index is 226. The highest BCUT2D eigenvalue weighted by molar-refractivity contribution is 4.97. The molecule has 0 aromatic heterocycles. The maximum atomic E-state index is 10.5. The molecule has 1 saturated heterocycles. The molecule has 1 saturated carbocycles. The first-order valence-electron chi connectivity index (χ1n) is 5.87. The molecule has 1 heterocycles. The molecule has 0 unspecified atom stereocenters. The number of hydrogen-bond donors (Lipinski definition) is 1. The predicted octanol–water partition coefficient (Wildman–Crippen LogP) is 2.08. The Kier molecular flexibility index (Phi) is 2.61. The molecule has 1 aliphatic heterocycles. The molecule has 1 N–H and O–H groups in total. The van der Waals surface area contributed by atoms with Crippen molar-refractivity contribution in [2.24, 2.45) is 5.41 Å². The first-order valence-corrected chi connectivity index (χ1v) is 5.87. The van der Waals surface area contributed by atoms with E-state index in [4.69, 9.17) is 9.47 Å². The molecule has 0 atom stereocenters. The van der Waals surface area contributed by atoms with Crippen molar-refractivity contribution in [3.63, 3.8) is 0 Å². The van der Waals surface area contributed by atoms with E-state index >= 15 is 0 Å². The molecule has 0 radical (unpaired) electrons. The zero-order valence-electron chi connectivity index (χ0n) is 10.0. The van der Waals surface area contributed by atoms with Gasteiger partial charge in [0.05, 0.1) is 18.8 Å². The van der Waals surface area contributed by atoms with Crippen molar-refractivity contribution in [2.45, 2.75) is 57.8 Å². The van der Waals surface area contributed by atoms with Crippen LogP contribution in [0.1, 0.15) is 46.5 Å². The predicted molar refractivity (Wildman–Crippen MR) is 57.5 cm³/mol. The monoisotopic (exact) mass is 214 g/mol. The summed E-state index contributed by atoms with van der Waals surface area (Å²) in [5.74, 6) is -0.364. The quantitative estimate of drug-likeness (QED) is 0.671. The Labute approximate surface area is 91.8 Å². The van der Waals surface area contributed by atoms with Crippen molar-refractivity contribution in [3.05, 3.63) is 0 Å². The highest BCUT2D eigenvalue weighted by Gasteiger charge is 2.49. The second-order valence-corrected chi connectivity index (χ2v) is 5.89. The summed E-state index contributed by atoms with van der Waals surface area (Å²) >= 11 is 0. The van der Waals surface area contributed by atoms with Gasteiger partial charge in [0, 0.05) is 12.8 Å². The highest BCUT2D eigenvalue weighted by atomic mass is 16.7. The van der Waals surface area contributed by atoms with E-state index in [0.29, 0.717) is 13.2 Å². The van der Waals surface area contributed by atoms with Gasteiger partial charge >= 0.3 is 0 Å². The lowest BCUT2D eigenvalue weighted by Gasteiger charge is -2.47. The Morgan fingerprint density at radius 2 is 1.40 bits per heavy atom. The van der Waals surface area contributed by atoms with Crippen LogP contribution in [0, 0.1) is 5.41 Å². The van der Waals surface area contributed by atoms with Gasteiger partial charge in [-0.05, 0) is 18.3 Å². The Balaban J connectivity index is 2.02. The fraction of sp³-hybridized carbons (Fsp3) is 1.00. The molecule has 1 spiro atoms. The van der Waals surface area contributed by atoms with Crippen molar-refractivity contribution in [2.75, 3.05) is 13.2 Å².